The van der Waals surface area contributed by atoms with E-state index in [1.165, 1.54) is 4.90 Å². The maximum Gasteiger partial charge on any atom is 0.417 e. The van der Waals surface area contributed by atoms with Gasteiger partial charge in [-0.3, -0.25) is 19.6 Å². The molecule has 0 atom stereocenters. The van der Waals surface area contributed by atoms with Crippen LogP contribution in [0.25, 0.3) is 0 Å². The van der Waals surface area contributed by atoms with Gasteiger partial charge in [-0.05, 0) is 18.2 Å². The number of carbonyl (C=O) groups is 2. The smallest absolute Gasteiger partial charge is 0.292 e. The fourth-order valence-corrected chi connectivity index (χ4v) is 2.53. The van der Waals surface area contributed by atoms with Crippen molar-refractivity contribution >= 4 is 17.6 Å². The molecule has 0 unspecified atom stereocenters. The number of halogens is 3. The van der Waals surface area contributed by atoms with E-state index in [2.05, 4.69) is 4.98 Å². The minimum absolute atomic E-state index is 0.0127. The van der Waals surface area contributed by atoms with Crippen molar-refractivity contribution in [3.8, 4) is 0 Å². The van der Waals surface area contributed by atoms with Crippen molar-refractivity contribution in [2.45, 2.75) is 6.18 Å². The summed E-state index contributed by atoms with van der Waals surface area (Å²) >= 11 is 0. The van der Waals surface area contributed by atoms with Gasteiger partial charge in [0.1, 0.15) is 0 Å². The molecule has 0 N–H and O–H groups in total. The average Bonchev–Trinajstić information content (AvgIpc) is 2.96. The predicted octanol–water partition coefficient (Wildman–Crippen LogP) is 3.18. The molecule has 2 aromatic rings. The zero-order chi connectivity index (χ0) is 17.3. The van der Waals surface area contributed by atoms with Crippen LogP contribution in [0.4, 0.5) is 23.7 Å². The minimum atomic E-state index is -4.70. The monoisotopic (exact) mass is 335 g/mol. The third-order valence-corrected chi connectivity index (χ3v) is 3.68. The number of pyridine rings is 1. The Labute approximate surface area is 135 Å². The SMILES string of the molecule is O=C(c1cnccc1C(F)(F)F)N1CCN(c2ccccc2)C1=O. The molecule has 1 fully saturated rings. The molecule has 1 aliphatic heterocycles. The fourth-order valence-electron chi connectivity index (χ4n) is 2.53. The summed E-state index contributed by atoms with van der Waals surface area (Å²) in [6.45, 7) is 0.231. The molecule has 1 aromatic heterocycles. The minimum Gasteiger partial charge on any atom is -0.292 e. The third-order valence-electron chi connectivity index (χ3n) is 3.68. The van der Waals surface area contributed by atoms with E-state index in [0.717, 1.165) is 23.4 Å². The molecule has 1 aromatic carbocycles. The number of aromatic nitrogens is 1. The number of urea groups is 1. The van der Waals surface area contributed by atoms with Gasteiger partial charge in [0.2, 0.25) is 0 Å². The molecule has 0 radical (unpaired) electrons. The lowest BCUT2D eigenvalue weighted by Crippen LogP contribution is -2.37. The van der Waals surface area contributed by atoms with E-state index in [9.17, 15) is 22.8 Å². The summed E-state index contributed by atoms with van der Waals surface area (Å²) in [5.74, 6) is -1.00. The Balaban J connectivity index is 1.89. The van der Waals surface area contributed by atoms with Crippen LogP contribution in [0.15, 0.2) is 48.8 Å². The summed E-state index contributed by atoms with van der Waals surface area (Å²) in [5, 5.41) is 0. The third kappa shape index (κ3) is 2.82. The maximum atomic E-state index is 13.0. The summed E-state index contributed by atoms with van der Waals surface area (Å²) in [6.07, 6.45) is -2.90. The van der Waals surface area contributed by atoms with Gasteiger partial charge >= 0.3 is 12.2 Å². The molecule has 3 rings (SSSR count). The molecule has 3 amide bonds. The van der Waals surface area contributed by atoms with E-state index in [1.54, 1.807) is 30.3 Å². The molecular weight excluding hydrogens is 323 g/mol. The first kappa shape index (κ1) is 16.0. The molecule has 0 spiro atoms. The van der Waals surface area contributed by atoms with Crippen LogP contribution in [0.3, 0.4) is 0 Å². The van der Waals surface area contributed by atoms with Crippen LogP contribution in [-0.4, -0.2) is 34.9 Å². The van der Waals surface area contributed by atoms with Gasteiger partial charge in [0, 0.05) is 31.2 Å². The van der Waals surface area contributed by atoms with Crippen LogP contribution < -0.4 is 4.90 Å². The van der Waals surface area contributed by atoms with Crippen LogP contribution in [-0.2, 0) is 6.18 Å². The summed E-state index contributed by atoms with van der Waals surface area (Å²) < 4.78 is 39.1. The number of imide groups is 1. The van der Waals surface area contributed by atoms with Crippen molar-refractivity contribution in [1.29, 1.82) is 0 Å². The van der Waals surface area contributed by atoms with Crippen molar-refractivity contribution in [2.75, 3.05) is 18.0 Å². The van der Waals surface area contributed by atoms with Gasteiger partial charge in [-0.2, -0.15) is 13.2 Å². The molecule has 0 saturated carbocycles. The number of hydrogen-bond donors (Lipinski definition) is 0. The Morgan fingerprint density at radius 1 is 1.08 bits per heavy atom. The Hall–Kier alpha value is -2.90. The molecule has 124 valence electrons. The van der Waals surface area contributed by atoms with Gasteiger partial charge < -0.3 is 0 Å². The molecule has 8 heteroatoms. The van der Waals surface area contributed by atoms with Crippen LogP contribution in [0.1, 0.15) is 15.9 Å². The highest BCUT2D eigenvalue weighted by atomic mass is 19.4. The first-order valence-corrected chi connectivity index (χ1v) is 7.09. The van der Waals surface area contributed by atoms with E-state index in [-0.39, 0.29) is 13.1 Å². The largest absolute Gasteiger partial charge is 0.417 e. The second-order valence-corrected chi connectivity index (χ2v) is 5.15. The van der Waals surface area contributed by atoms with Crippen LogP contribution in [0, 0.1) is 0 Å². The number of hydrogen-bond acceptors (Lipinski definition) is 3. The van der Waals surface area contributed by atoms with E-state index < -0.39 is 29.2 Å². The Morgan fingerprint density at radius 3 is 2.46 bits per heavy atom. The summed E-state index contributed by atoms with van der Waals surface area (Å²) in [7, 11) is 0. The zero-order valence-corrected chi connectivity index (χ0v) is 12.3. The molecule has 1 aliphatic rings. The van der Waals surface area contributed by atoms with E-state index in [0.29, 0.717) is 5.69 Å². The van der Waals surface area contributed by atoms with Gasteiger partial charge in [0.25, 0.3) is 5.91 Å². The second-order valence-electron chi connectivity index (χ2n) is 5.15. The van der Waals surface area contributed by atoms with Crippen molar-refractivity contribution in [3.63, 3.8) is 0 Å². The van der Waals surface area contributed by atoms with Gasteiger partial charge in [0.05, 0.1) is 11.1 Å². The first-order valence-electron chi connectivity index (χ1n) is 7.09. The highest BCUT2D eigenvalue weighted by molar-refractivity contribution is 6.10. The lowest BCUT2D eigenvalue weighted by Gasteiger charge is -2.19. The highest BCUT2D eigenvalue weighted by Crippen LogP contribution is 2.32. The number of nitrogens with zero attached hydrogens (tertiary/aromatic N) is 3. The first-order chi connectivity index (χ1) is 11.4. The summed E-state index contributed by atoms with van der Waals surface area (Å²) in [5.41, 5.74) is -1.15. The molecule has 2 heterocycles. The second kappa shape index (κ2) is 5.95. The fraction of sp³-hybridized carbons (Fsp3) is 0.188. The zero-order valence-electron chi connectivity index (χ0n) is 12.3. The lowest BCUT2D eigenvalue weighted by molar-refractivity contribution is -0.138. The Bertz CT molecular complexity index is 778. The van der Waals surface area contributed by atoms with Crippen molar-refractivity contribution < 1.29 is 22.8 Å². The Morgan fingerprint density at radius 2 is 1.79 bits per heavy atom. The Kier molecular flexibility index (Phi) is 3.96. The number of anilines is 1. The van der Waals surface area contributed by atoms with Gasteiger partial charge in [-0.25, -0.2) is 4.79 Å². The van der Waals surface area contributed by atoms with E-state index in [4.69, 9.17) is 0 Å². The average molecular weight is 335 g/mol. The lowest BCUT2D eigenvalue weighted by atomic mass is 10.1. The molecule has 0 bridgehead atoms. The molecule has 24 heavy (non-hydrogen) atoms. The van der Waals surface area contributed by atoms with Crippen molar-refractivity contribution in [3.05, 3.63) is 59.9 Å². The highest BCUT2D eigenvalue weighted by Gasteiger charge is 2.40. The van der Waals surface area contributed by atoms with E-state index in [1.807, 2.05) is 0 Å². The van der Waals surface area contributed by atoms with Crippen LogP contribution >= 0.6 is 0 Å². The number of alkyl halides is 3. The standard InChI is InChI=1S/C16H12F3N3O2/c17-16(18,19)13-6-7-20-10-12(13)14(23)22-9-8-21(15(22)24)11-4-2-1-3-5-11/h1-7,10H,8-9H2. The number of amides is 3. The molecule has 5 nitrogen and oxygen atoms in total. The molecule has 1 saturated heterocycles. The molecule has 0 aliphatic carbocycles. The van der Waals surface area contributed by atoms with Gasteiger partial charge in [0.15, 0.2) is 0 Å². The van der Waals surface area contributed by atoms with Crippen LogP contribution in [0.2, 0.25) is 0 Å². The van der Waals surface area contributed by atoms with Crippen molar-refractivity contribution in [2.24, 2.45) is 0 Å². The molecular formula is C16H12F3N3O2. The van der Waals surface area contributed by atoms with Gasteiger partial charge in [-0.1, -0.05) is 18.2 Å². The van der Waals surface area contributed by atoms with Crippen LogP contribution in [0.5, 0.6) is 0 Å². The normalized spacial score (nSPS) is 15.0. The topological polar surface area (TPSA) is 53.5 Å². The van der Waals surface area contributed by atoms with Crippen molar-refractivity contribution in [1.82, 2.24) is 9.88 Å². The van der Waals surface area contributed by atoms with Gasteiger partial charge in [-0.15, -0.1) is 0 Å². The summed E-state index contributed by atoms with van der Waals surface area (Å²) in [4.78, 5) is 30.6. The number of rotatable bonds is 2. The van der Waals surface area contributed by atoms with E-state index >= 15 is 0 Å². The number of carbonyl (C=O) groups excluding carboxylic acids is 2. The maximum absolute atomic E-state index is 13.0. The summed E-state index contributed by atoms with van der Waals surface area (Å²) in [6, 6.07) is 8.70. The quantitative estimate of drug-likeness (QED) is 0.847. The number of benzene rings is 1. The number of para-hydroxylation sites is 1. The predicted molar refractivity (Wildman–Crippen MR) is 79.5 cm³/mol.